The van der Waals surface area contributed by atoms with Crippen LogP contribution < -0.4 is 10.6 Å². The highest BCUT2D eigenvalue weighted by Crippen LogP contribution is 2.38. The number of thiazole rings is 1. The SMILES string of the molecule is Cc1sc(NC(=O)C(Sc2ccc(NC(=O)/C=C/c3ccccc3)cc2)c2ccccc2)nc1-c1ccccc1. The molecule has 0 aliphatic carbocycles. The molecule has 0 spiro atoms. The highest BCUT2D eigenvalue weighted by atomic mass is 32.2. The van der Waals surface area contributed by atoms with Crippen LogP contribution in [0.4, 0.5) is 10.8 Å². The Morgan fingerprint density at radius 1 is 0.800 bits per heavy atom. The molecule has 198 valence electrons. The van der Waals surface area contributed by atoms with Gasteiger partial charge in [-0.15, -0.1) is 23.1 Å². The van der Waals surface area contributed by atoms with Gasteiger partial charge in [0.1, 0.15) is 5.25 Å². The van der Waals surface area contributed by atoms with E-state index in [1.165, 1.54) is 29.2 Å². The smallest absolute Gasteiger partial charge is 0.248 e. The first-order valence-corrected chi connectivity index (χ1v) is 14.4. The zero-order chi connectivity index (χ0) is 27.7. The minimum absolute atomic E-state index is 0.145. The lowest BCUT2D eigenvalue weighted by atomic mass is 10.1. The molecule has 0 saturated heterocycles. The molecule has 5 rings (SSSR count). The van der Waals surface area contributed by atoms with Crippen LogP contribution in [0.1, 0.15) is 21.3 Å². The van der Waals surface area contributed by atoms with Crippen molar-refractivity contribution in [1.82, 2.24) is 4.98 Å². The van der Waals surface area contributed by atoms with Crippen molar-refractivity contribution in [2.24, 2.45) is 0 Å². The zero-order valence-electron chi connectivity index (χ0n) is 21.8. The lowest BCUT2D eigenvalue weighted by molar-refractivity contribution is -0.116. The predicted octanol–water partition coefficient (Wildman–Crippen LogP) is 8.24. The number of rotatable bonds is 9. The predicted molar refractivity (Wildman–Crippen MR) is 167 cm³/mol. The Morgan fingerprint density at radius 2 is 1.43 bits per heavy atom. The molecular weight excluding hydrogens is 535 g/mol. The third-order valence-electron chi connectivity index (χ3n) is 6.02. The van der Waals surface area contributed by atoms with Gasteiger partial charge in [-0.05, 0) is 48.4 Å². The number of benzene rings is 4. The molecule has 0 aliphatic heterocycles. The van der Waals surface area contributed by atoms with Gasteiger partial charge in [0.05, 0.1) is 5.69 Å². The maximum Gasteiger partial charge on any atom is 0.248 e. The van der Waals surface area contributed by atoms with Crippen LogP contribution in [0, 0.1) is 6.92 Å². The minimum Gasteiger partial charge on any atom is -0.323 e. The Morgan fingerprint density at radius 3 is 2.10 bits per heavy atom. The van der Waals surface area contributed by atoms with Gasteiger partial charge in [0.2, 0.25) is 11.8 Å². The number of nitrogens with zero attached hydrogens (tertiary/aromatic N) is 1. The first-order chi connectivity index (χ1) is 19.5. The monoisotopic (exact) mass is 561 g/mol. The second kappa shape index (κ2) is 13.1. The number of carbonyl (C=O) groups excluding carboxylic acids is 2. The van der Waals surface area contributed by atoms with Crippen molar-refractivity contribution in [3.05, 3.63) is 137 Å². The van der Waals surface area contributed by atoms with Crippen molar-refractivity contribution < 1.29 is 9.59 Å². The molecule has 40 heavy (non-hydrogen) atoms. The van der Waals surface area contributed by atoms with Gasteiger partial charge in [-0.25, -0.2) is 4.98 Å². The third-order valence-corrected chi connectivity index (χ3v) is 8.17. The van der Waals surface area contributed by atoms with Crippen molar-refractivity contribution in [3.63, 3.8) is 0 Å². The first kappa shape index (κ1) is 27.1. The molecule has 0 radical (unpaired) electrons. The second-order valence-corrected chi connectivity index (χ2v) is 11.3. The quantitative estimate of drug-likeness (QED) is 0.140. The van der Waals surface area contributed by atoms with Crippen molar-refractivity contribution in [3.8, 4) is 11.3 Å². The summed E-state index contributed by atoms with van der Waals surface area (Å²) in [5.74, 6) is -0.354. The van der Waals surface area contributed by atoms with Gasteiger partial charge >= 0.3 is 0 Å². The maximum absolute atomic E-state index is 13.5. The number of hydrogen-bond donors (Lipinski definition) is 2. The van der Waals surface area contributed by atoms with E-state index in [1.807, 2.05) is 122 Å². The lowest BCUT2D eigenvalue weighted by Crippen LogP contribution is -2.19. The molecule has 5 nitrogen and oxygen atoms in total. The van der Waals surface area contributed by atoms with Crippen molar-refractivity contribution in [1.29, 1.82) is 0 Å². The van der Waals surface area contributed by atoms with Crippen LogP contribution in [0.15, 0.2) is 126 Å². The van der Waals surface area contributed by atoms with E-state index < -0.39 is 5.25 Å². The van der Waals surface area contributed by atoms with Crippen LogP contribution in [-0.4, -0.2) is 16.8 Å². The molecule has 1 atom stereocenters. The maximum atomic E-state index is 13.5. The number of anilines is 2. The fourth-order valence-electron chi connectivity index (χ4n) is 4.06. The van der Waals surface area contributed by atoms with Gasteiger partial charge in [0.15, 0.2) is 5.13 Å². The Hall–Kier alpha value is -4.46. The van der Waals surface area contributed by atoms with Crippen molar-refractivity contribution in [2.45, 2.75) is 17.1 Å². The van der Waals surface area contributed by atoms with Crippen LogP contribution in [0.3, 0.4) is 0 Å². The van der Waals surface area contributed by atoms with E-state index in [9.17, 15) is 9.59 Å². The summed E-state index contributed by atoms with van der Waals surface area (Å²) in [6.45, 7) is 2.01. The van der Waals surface area contributed by atoms with Gasteiger partial charge in [0.25, 0.3) is 0 Å². The highest BCUT2D eigenvalue weighted by molar-refractivity contribution is 8.00. The van der Waals surface area contributed by atoms with E-state index >= 15 is 0 Å². The number of nitrogens with one attached hydrogen (secondary N) is 2. The van der Waals surface area contributed by atoms with Crippen LogP contribution in [0.2, 0.25) is 0 Å². The summed E-state index contributed by atoms with van der Waals surface area (Å²) in [6, 6.07) is 36.8. The van der Waals surface area contributed by atoms with Gasteiger partial charge in [-0.2, -0.15) is 0 Å². The Balaban J connectivity index is 1.28. The molecular formula is C33H27N3O2S2. The highest BCUT2D eigenvalue weighted by Gasteiger charge is 2.24. The molecule has 0 aliphatic rings. The number of aryl methyl sites for hydroxylation is 1. The Labute approximate surface area is 242 Å². The van der Waals surface area contributed by atoms with Crippen LogP contribution >= 0.6 is 23.1 Å². The van der Waals surface area contributed by atoms with Crippen LogP contribution in [-0.2, 0) is 9.59 Å². The van der Waals surface area contributed by atoms with Crippen LogP contribution in [0.5, 0.6) is 0 Å². The summed E-state index contributed by atoms with van der Waals surface area (Å²) < 4.78 is 0. The molecule has 0 saturated carbocycles. The molecule has 1 unspecified atom stereocenters. The summed E-state index contributed by atoms with van der Waals surface area (Å²) in [4.78, 5) is 32.6. The van der Waals surface area contributed by atoms with E-state index in [0.29, 0.717) is 10.8 Å². The van der Waals surface area contributed by atoms with E-state index in [-0.39, 0.29) is 11.8 Å². The number of carbonyl (C=O) groups is 2. The van der Waals surface area contributed by atoms with Gasteiger partial charge in [-0.1, -0.05) is 91.0 Å². The third kappa shape index (κ3) is 7.14. The largest absolute Gasteiger partial charge is 0.323 e. The Kier molecular flexibility index (Phi) is 8.86. The average Bonchev–Trinajstić information content (AvgIpc) is 3.36. The van der Waals surface area contributed by atoms with Gasteiger partial charge < -0.3 is 10.6 Å². The summed E-state index contributed by atoms with van der Waals surface area (Å²) in [7, 11) is 0. The minimum atomic E-state index is -0.486. The van der Waals surface area contributed by atoms with Crippen LogP contribution in [0.25, 0.3) is 17.3 Å². The molecule has 0 bridgehead atoms. The molecule has 4 aromatic carbocycles. The molecule has 1 aromatic heterocycles. The Bertz CT molecular complexity index is 1600. The van der Waals surface area contributed by atoms with E-state index in [4.69, 9.17) is 4.98 Å². The lowest BCUT2D eigenvalue weighted by Gasteiger charge is -2.16. The van der Waals surface area contributed by atoms with E-state index in [1.54, 1.807) is 6.08 Å². The fraction of sp³-hybridized carbons (Fsp3) is 0.0606. The second-order valence-electron chi connectivity index (χ2n) is 8.95. The number of amides is 2. The molecule has 2 N–H and O–H groups in total. The van der Waals surface area contributed by atoms with Gasteiger partial charge in [0, 0.05) is 27.1 Å². The van der Waals surface area contributed by atoms with E-state index in [2.05, 4.69) is 10.6 Å². The molecule has 5 aromatic rings. The molecule has 1 heterocycles. The summed E-state index contributed by atoms with van der Waals surface area (Å²) in [5, 5.41) is 6.01. The zero-order valence-corrected chi connectivity index (χ0v) is 23.4. The van der Waals surface area contributed by atoms with Crippen molar-refractivity contribution in [2.75, 3.05) is 10.6 Å². The number of thioether (sulfide) groups is 1. The first-order valence-electron chi connectivity index (χ1n) is 12.7. The number of aromatic nitrogens is 1. The summed E-state index contributed by atoms with van der Waals surface area (Å²) in [5.41, 5.74) is 4.43. The topological polar surface area (TPSA) is 71.1 Å². The summed E-state index contributed by atoms with van der Waals surface area (Å²) in [6.07, 6.45) is 3.28. The average molecular weight is 562 g/mol. The standard InChI is InChI=1S/C33H27N3O2S2/c1-23-30(25-13-7-3-8-14-25)35-33(39-23)36-32(38)31(26-15-9-4-10-16-26)40-28-20-18-27(19-21-28)34-29(37)22-17-24-11-5-2-6-12-24/h2-22,31H,1H3,(H,34,37)(H,35,36,38)/b22-17+. The van der Waals surface area contributed by atoms with E-state index in [0.717, 1.165) is 32.2 Å². The molecule has 2 amide bonds. The fourth-order valence-corrected chi connectivity index (χ4v) is 5.92. The van der Waals surface area contributed by atoms with Crippen molar-refractivity contribution >= 4 is 51.8 Å². The molecule has 7 heteroatoms. The summed E-state index contributed by atoms with van der Waals surface area (Å²) >= 11 is 2.92. The molecule has 0 fully saturated rings. The van der Waals surface area contributed by atoms with Gasteiger partial charge in [-0.3, -0.25) is 9.59 Å². The number of hydrogen-bond acceptors (Lipinski definition) is 5. The normalized spacial score (nSPS) is 11.7.